The van der Waals surface area contributed by atoms with Crippen molar-refractivity contribution in [2.45, 2.75) is 91.0 Å². The van der Waals surface area contributed by atoms with Gasteiger partial charge in [-0.3, -0.25) is 33.8 Å². The summed E-state index contributed by atoms with van der Waals surface area (Å²) in [5.74, 6) is -4.62. The van der Waals surface area contributed by atoms with Gasteiger partial charge >= 0.3 is 0 Å². The molecular formula is C37H49N7O6. The van der Waals surface area contributed by atoms with Gasteiger partial charge in [0.25, 0.3) is 11.8 Å². The summed E-state index contributed by atoms with van der Waals surface area (Å²) in [6.45, 7) is 11.0. The molecule has 4 rings (SSSR count). The summed E-state index contributed by atoms with van der Waals surface area (Å²) >= 11 is 0. The molecule has 3 unspecified atom stereocenters. The number of ketones is 1. The van der Waals surface area contributed by atoms with Crippen molar-refractivity contribution < 1.29 is 28.8 Å². The Kier molecular flexibility index (Phi) is 13.0. The average molecular weight is 688 g/mol. The Balaban J connectivity index is 1.50. The van der Waals surface area contributed by atoms with Crippen LogP contribution in [0.4, 0.5) is 0 Å². The summed E-state index contributed by atoms with van der Waals surface area (Å²) in [4.78, 5) is 90.6. The maximum Gasteiger partial charge on any atom is 0.290 e. The molecule has 13 nitrogen and oxygen atoms in total. The third-order valence-electron chi connectivity index (χ3n) is 9.39. The van der Waals surface area contributed by atoms with Crippen molar-refractivity contribution in [2.24, 2.45) is 23.7 Å². The molecular weight excluding hydrogens is 638 g/mol. The molecule has 1 saturated heterocycles. The highest BCUT2D eigenvalue weighted by Gasteiger charge is 2.50. The molecule has 2 aliphatic rings. The maximum absolute atomic E-state index is 14.3. The summed E-state index contributed by atoms with van der Waals surface area (Å²) < 4.78 is 0. The zero-order valence-corrected chi connectivity index (χ0v) is 29.6. The number of hydrogen-bond donors (Lipinski definition) is 4. The molecule has 0 saturated carbocycles. The zero-order valence-electron chi connectivity index (χ0n) is 29.6. The topological polar surface area (TPSA) is 180 Å². The lowest BCUT2D eigenvalue weighted by atomic mass is 9.92. The molecule has 50 heavy (non-hydrogen) atoms. The first-order chi connectivity index (χ1) is 23.8. The smallest absolute Gasteiger partial charge is 0.290 e. The number of nitrogens with zero attached hydrogens (tertiary/aromatic N) is 3. The fraction of sp³-hybridized carbons (Fsp3) is 0.514. The van der Waals surface area contributed by atoms with Crippen LogP contribution in [0.5, 0.6) is 0 Å². The minimum atomic E-state index is -1.08. The van der Waals surface area contributed by atoms with E-state index in [1.54, 1.807) is 34.6 Å². The number of benzene rings is 1. The van der Waals surface area contributed by atoms with Crippen LogP contribution >= 0.6 is 0 Å². The molecule has 1 aromatic heterocycles. The van der Waals surface area contributed by atoms with Gasteiger partial charge in [-0.25, -0.2) is 4.98 Å². The van der Waals surface area contributed by atoms with Gasteiger partial charge in [0, 0.05) is 24.9 Å². The zero-order chi connectivity index (χ0) is 36.5. The van der Waals surface area contributed by atoms with Crippen molar-refractivity contribution in [1.82, 2.24) is 36.1 Å². The molecule has 13 heteroatoms. The molecule has 1 aliphatic carbocycles. The Labute approximate surface area is 293 Å². The first-order valence-electron chi connectivity index (χ1n) is 17.4. The van der Waals surface area contributed by atoms with Crippen LogP contribution in [-0.2, 0) is 24.0 Å². The number of carbonyl (C=O) groups is 6. The molecule has 1 aliphatic heterocycles. The van der Waals surface area contributed by atoms with Crippen LogP contribution in [0.2, 0.25) is 0 Å². The van der Waals surface area contributed by atoms with E-state index >= 15 is 0 Å². The summed E-state index contributed by atoms with van der Waals surface area (Å²) in [6, 6.07) is 4.85. The highest BCUT2D eigenvalue weighted by atomic mass is 16.2. The lowest BCUT2D eigenvalue weighted by molar-refractivity contribution is -0.145. The van der Waals surface area contributed by atoms with E-state index in [9.17, 15) is 28.8 Å². The second-order valence-electron chi connectivity index (χ2n) is 13.8. The van der Waals surface area contributed by atoms with Crippen molar-refractivity contribution in [3.05, 3.63) is 72.3 Å². The van der Waals surface area contributed by atoms with Crippen molar-refractivity contribution in [3.8, 4) is 0 Å². The van der Waals surface area contributed by atoms with Gasteiger partial charge in [0.15, 0.2) is 0 Å². The second-order valence-corrected chi connectivity index (χ2v) is 13.8. The van der Waals surface area contributed by atoms with Gasteiger partial charge < -0.3 is 26.2 Å². The number of aromatic nitrogens is 2. The van der Waals surface area contributed by atoms with Gasteiger partial charge in [0.2, 0.25) is 23.5 Å². The fourth-order valence-corrected chi connectivity index (χ4v) is 6.59. The summed E-state index contributed by atoms with van der Waals surface area (Å²) in [5, 5.41) is 11.1. The van der Waals surface area contributed by atoms with E-state index in [1.165, 1.54) is 23.5 Å². The van der Waals surface area contributed by atoms with Crippen molar-refractivity contribution in [3.63, 3.8) is 0 Å². The van der Waals surface area contributed by atoms with E-state index in [2.05, 4.69) is 31.2 Å². The van der Waals surface area contributed by atoms with Crippen molar-refractivity contribution >= 4 is 35.3 Å². The Morgan fingerprint density at radius 2 is 1.58 bits per heavy atom. The molecule has 1 aromatic carbocycles. The molecule has 0 bridgehead atoms. The average Bonchev–Trinajstić information content (AvgIpc) is 3.71. The third kappa shape index (κ3) is 8.99. The third-order valence-corrected chi connectivity index (χ3v) is 9.39. The number of carbonyl (C=O) groups excluding carboxylic acids is 6. The van der Waals surface area contributed by atoms with E-state index in [0.29, 0.717) is 12.8 Å². The summed E-state index contributed by atoms with van der Waals surface area (Å²) in [5.41, 5.74) is 0.889. The second kappa shape index (κ2) is 17.1. The molecule has 268 valence electrons. The first kappa shape index (κ1) is 37.9. The number of allylic oxidation sites excluding steroid dienone is 1. The number of nitrogens with one attached hydrogen (secondary N) is 4. The van der Waals surface area contributed by atoms with E-state index in [-0.39, 0.29) is 42.3 Å². The largest absolute Gasteiger partial charge is 0.344 e. The van der Waals surface area contributed by atoms with Gasteiger partial charge in [0.1, 0.15) is 23.8 Å². The molecule has 5 amide bonds. The van der Waals surface area contributed by atoms with Crippen LogP contribution < -0.4 is 21.3 Å². The number of rotatable bonds is 15. The van der Waals surface area contributed by atoms with Gasteiger partial charge in [-0.1, -0.05) is 83.5 Å². The SMILES string of the molecule is CCCC(NC(=O)C1[C@H]2CC=C[C@H]2CN1C(=O)C(NC(=O)[C@H](NC(=O)c1cnccn1)C(C)C)C(C)C)C(=O)C(=O)N[C@@H](C)c1ccccc1. The Hall–Kier alpha value is -4.94. The van der Waals surface area contributed by atoms with Gasteiger partial charge in [-0.15, -0.1) is 0 Å². The Bertz CT molecular complexity index is 1560. The monoisotopic (exact) mass is 687 g/mol. The molecule has 2 heterocycles. The van der Waals surface area contributed by atoms with E-state index in [4.69, 9.17) is 0 Å². The summed E-state index contributed by atoms with van der Waals surface area (Å²) in [7, 11) is 0. The lowest BCUT2D eigenvalue weighted by Crippen LogP contribution is -2.60. The molecule has 7 atom stereocenters. The Morgan fingerprint density at radius 1 is 0.880 bits per heavy atom. The van der Waals surface area contributed by atoms with E-state index in [1.807, 2.05) is 49.4 Å². The summed E-state index contributed by atoms with van der Waals surface area (Å²) in [6.07, 6.45) is 9.43. The normalized spacial score (nSPS) is 20.4. The van der Waals surface area contributed by atoms with E-state index < -0.39 is 65.5 Å². The first-order valence-corrected chi connectivity index (χ1v) is 17.4. The number of fused-ring (bicyclic) bond motifs is 1. The predicted octanol–water partition coefficient (Wildman–Crippen LogP) is 2.51. The van der Waals surface area contributed by atoms with Crippen molar-refractivity contribution in [1.29, 1.82) is 0 Å². The van der Waals surface area contributed by atoms with Gasteiger partial charge in [-0.2, -0.15) is 0 Å². The minimum Gasteiger partial charge on any atom is -0.344 e. The molecule has 4 N–H and O–H groups in total. The molecule has 1 fully saturated rings. The van der Waals surface area contributed by atoms with Crippen LogP contribution in [0.15, 0.2) is 61.1 Å². The maximum atomic E-state index is 14.3. The van der Waals surface area contributed by atoms with Crippen molar-refractivity contribution in [2.75, 3.05) is 6.54 Å². The molecule has 2 aromatic rings. The van der Waals surface area contributed by atoms with Crippen LogP contribution in [0, 0.1) is 23.7 Å². The fourth-order valence-electron chi connectivity index (χ4n) is 6.59. The predicted molar refractivity (Wildman–Crippen MR) is 186 cm³/mol. The van der Waals surface area contributed by atoms with Crippen LogP contribution in [-0.4, -0.2) is 80.9 Å². The quantitative estimate of drug-likeness (QED) is 0.163. The lowest BCUT2D eigenvalue weighted by Gasteiger charge is -2.33. The number of amides is 5. The highest BCUT2D eigenvalue weighted by Crippen LogP contribution is 2.39. The van der Waals surface area contributed by atoms with Gasteiger partial charge in [-0.05, 0) is 43.1 Å². The Morgan fingerprint density at radius 3 is 2.20 bits per heavy atom. The minimum absolute atomic E-state index is 0.0519. The van der Waals surface area contributed by atoms with Crippen LogP contribution in [0.25, 0.3) is 0 Å². The van der Waals surface area contributed by atoms with Crippen LogP contribution in [0.3, 0.4) is 0 Å². The standard InChI is InChI=1S/C37H49N7O6/c1-7-12-27(32(45)36(49)40-23(6)24-13-9-8-10-14-24)41-35(48)31-26-16-11-15-25(26)20-44(31)37(50)30(22(4)5)43-34(47)29(21(2)3)42-33(46)28-19-38-17-18-39-28/h8-11,13-15,17-19,21-23,25-27,29-31H,7,12,16,20H2,1-6H3,(H,40,49)(H,41,48)(H,42,46)(H,43,47)/t23-,25-,26-,27?,29+,30?,31?/m0/s1. The molecule has 0 spiro atoms. The van der Waals surface area contributed by atoms with Crippen LogP contribution in [0.1, 0.15) is 82.9 Å². The number of hydrogen-bond acceptors (Lipinski definition) is 8. The number of Topliss-reactive ketones (excluding diaryl/α,β-unsaturated/α-hetero) is 1. The molecule has 0 radical (unpaired) electrons. The van der Waals surface area contributed by atoms with Gasteiger partial charge in [0.05, 0.1) is 18.3 Å². The van der Waals surface area contributed by atoms with E-state index in [0.717, 1.165) is 5.56 Å². The highest BCUT2D eigenvalue weighted by molar-refractivity contribution is 6.38. The number of likely N-dealkylation sites (tertiary alicyclic amines) is 1.